The highest BCUT2D eigenvalue weighted by Crippen LogP contribution is 2.42. The number of thioether (sulfide) groups is 1. The molecule has 3 heterocycles. The molecular formula is C15H19F3N6S. The number of nitrogens with zero attached hydrogens (tertiary/aromatic N) is 5. The molecule has 0 amide bonds. The second-order valence-electron chi connectivity index (χ2n) is 5.60. The third-order valence-electron chi connectivity index (χ3n) is 4.13. The number of hydrogen-bond acceptors (Lipinski definition) is 6. The number of nitrogens with one attached hydrogen (secondary N) is 1. The number of hydrazine groups is 1. The normalized spacial score (nSPS) is 19.3. The van der Waals surface area contributed by atoms with E-state index in [-0.39, 0.29) is 11.7 Å². The standard InChI is InChI=1S/C15H19F3N6S/c1-5-25-13-12(22(3)23(4)14(13)19-2)9-7-24-8-20-10(15(16,17)18)6-11(24)21-9/h6-8,12,19H,5H2,1-4H3. The largest absolute Gasteiger partial charge is 0.433 e. The van der Waals surface area contributed by atoms with E-state index in [1.807, 2.05) is 31.2 Å². The third kappa shape index (κ3) is 3.04. The molecule has 0 aliphatic carbocycles. The van der Waals surface area contributed by atoms with Crippen molar-refractivity contribution in [1.82, 2.24) is 29.7 Å². The van der Waals surface area contributed by atoms with Gasteiger partial charge in [0.2, 0.25) is 0 Å². The number of rotatable bonds is 4. The lowest BCUT2D eigenvalue weighted by atomic mass is 10.2. The van der Waals surface area contributed by atoms with Gasteiger partial charge in [0, 0.05) is 33.4 Å². The van der Waals surface area contributed by atoms with Crippen LogP contribution in [0.2, 0.25) is 0 Å². The summed E-state index contributed by atoms with van der Waals surface area (Å²) in [6.45, 7) is 2.06. The fraction of sp³-hybridized carbons (Fsp3) is 0.467. The zero-order chi connectivity index (χ0) is 18.4. The number of aromatic nitrogens is 3. The molecule has 3 rings (SSSR count). The van der Waals surface area contributed by atoms with E-state index in [4.69, 9.17) is 0 Å². The summed E-state index contributed by atoms with van der Waals surface area (Å²) in [4.78, 5) is 9.00. The summed E-state index contributed by atoms with van der Waals surface area (Å²) in [5.41, 5.74) is -0.0348. The zero-order valence-corrected chi connectivity index (χ0v) is 15.1. The highest BCUT2D eigenvalue weighted by molar-refractivity contribution is 8.03. The van der Waals surface area contributed by atoms with Gasteiger partial charge in [-0.15, -0.1) is 11.8 Å². The van der Waals surface area contributed by atoms with Crippen LogP contribution in [0, 0.1) is 0 Å². The Morgan fingerprint density at radius 1 is 1.32 bits per heavy atom. The number of halogens is 3. The molecule has 136 valence electrons. The summed E-state index contributed by atoms with van der Waals surface area (Å²) in [6.07, 6.45) is -1.60. The predicted octanol–water partition coefficient (Wildman–Crippen LogP) is 2.72. The SMILES string of the molecule is CCSC1=C(NC)N(C)N(C)C1c1cn2cnc(C(F)(F)F)cc2n1. The molecule has 0 fully saturated rings. The van der Waals surface area contributed by atoms with Crippen molar-refractivity contribution in [1.29, 1.82) is 0 Å². The van der Waals surface area contributed by atoms with Crippen molar-refractivity contribution in [2.45, 2.75) is 19.1 Å². The van der Waals surface area contributed by atoms with Crippen LogP contribution >= 0.6 is 11.8 Å². The molecule has 1 N–H and O–H groups in total. The topological polar surface area (TPSA) is 48.7 Å². The lowest BCUT2D eigenvalue weighted by Crippen LogP contribution is -2.35. The number of alkyl halides is 3. The number of likely N-dealkylation sites (N-methyl/N-ethyl adjacent to an activating group) is 1. The maximum atomic E-state index is 12.9. The van der Waals surface area contributed by atoms with Crippen molar-refractivity contribution in [2.75, 3.05) is 26.9 Å². The van der Waals surface area contributed by atoms with Gasteiger partial charge in [-0.3, -0.25) is 9.41 Å². The average molecular weight is 372 g/mol. The van der Waals surface area contributed by atoms with Crippen molar-refractivity contribution in [3.63, 3.8) is 0 Å². The molecular weight excluding hydrogens is 353 g/mol. The van der Waals surface area contributed by atoms with Gasteiger partial charge >= 0.3 is 6.18 Å². The minimum atomic E-state index is -4.49. The van der Waals surface area contributed by atoms with Gasteiger partial charge in [0.25, 0.3) is 0 Å². The second-order valence-corrected chi connectivity index (χ2v) is 6.90. The fourth-order valence-corrected chi connectivity index (χ4v) is 4.01. The number of hydrogen-bond donors (Lipinski definition) is 1. The van der Waals surface area contributed by atoms with Crippen LogP contribution in [-0.2, 0) is 6.18 Å². The van der Waals surface area contributed by atoms with Crippen LogP contribution in [0.25, 0.3) is 5.65 Å². The first kappa shape index (κ1) is 17.9. The number of imidazole rings is 1. The quantitative estimate of drug-likeness (QED) is 0.891. The second kappa shape index (κ2) is 6.41. The summed E-state index contributed by atoms with van der Waals surface area (Å²) in [6, 6.07) is 0.809. The lowest BCUT2D eigenvalue weighted by Gasteiger charge is -2.27. The molecule has 0 radical (unpaired) electrons. The van der Waals surface area contributed by atoms with Crippen LogP contribution in [0.4, 0.5) is 13.2 Å². The lowest BCUT2D eigenvalue weighted by molar-refractivity contribution is -0.141. The zero-order valence-electron chi connectivity index (χ0n) is 14.3. The van der Waals surface area contributed by atoms with Gasteiger partial charge in [-0.25, -0.2) is 15.0 Å². The Morgan fingerprint density at radius 2 is 2.04 bits per heavy atom. The molecule has 1 aliphatic rings. The van der Waals surface area contributed by atoms with Gasteiger partial charge in [0.05, 0.1) is 10.6 Å². The van der Waals surface area contributed by atoms with E-state index < -0.39 is 11.9 Å². The van der Waals surface area contributed by atoms with Crippen molar-refractivity contribution in [3.05, 3.63) is 40.7 Å². The summed E-state index contributed by atoms with van der Waals surface area (Å²) in [5.74, 6) is 1.84. The van der Waals surface area contributed by atoms with Gasteiger partial charge < -0.3 is 5.32 Å². The van der Waals surface area contributed by atoms with E-state index in [0.717, 1.165) is 28.9 Å². The third-order valence-corrected chi connectivity index (χ3v) is 5.14. The molecule has 2 aromatic rings. The molecule has 0 bridgehead atoms. The average Bonchev–Trinajstić information content (AvgIpc) is 3.06. The minimum absolute atomic E-state index is 0.161. The van der Waals surface area contributed by atoms with Crippen molar-refractivity contribution in [2.24, 2.45) is 0 Å². The van der Waals surface area contributed by atoms with Crippen molar-refractivity contribution < 1.29 is 13.2 Å². The van der Waals surface area contributed by atoms with Crippen LogP contribution < -0.4 is 5.32 Å². The minimum Gasteiger partial charge on any atom is -0.373 e. The van der Waals surface area contributed by atoms with E-state index in [1.165, 1.54) is 4.40 Å². The maximum absolute atomic E-state index is 12.9. The number of fused-ring (bicyclic) bond motifs is 1. The summed E-state index contributed by atoms with van der Waals surface area (Å²) >= 11 is 1.69. The highest BCUT2D eigenvalue weighted by atomic mass is 32.2. The Balaban J connectivity index is 2.07. The van der Waals surface area contributed by atoms with Crippen molar-refractivity contribution >= 4 is 17.4 Å². The molecule has 6 nitrogen and oxygen atoms in total. The van der Waals surface area contributed by atoms with Crippen LogP contribution in [0.1, 0.15) is 24.4 Å². The Hall–Kier alpha value is -1.94. The monoisotopic (exact) mass is 372 g/mol. The Kier molecular flexibility index (Phi) is 4.58. The van der Waals surface area contributed by atoms with Crippen LogP contribution in [0.15, 0.2) is 29.3 Å². The highest BCUT2D eigenvalue weighted by Gasteiger charge is 2.37. The molecule has 10 heteroatoms. The van der Waals surface area contributed by atoms with E-state index in [1.54, 1.807) is 18.0 Å². The first-order chi connectivity index (χ1) is 11.8. The van der Waals surface area contributed by atoms with Gasteiger partial charge in [0.1, 0.15) is 29.5 Å². The van der Waals surface area contributed by atoms with E-state index in [9.17, 15) is 13.2 Å². The van der Waals surface area contributed by atoms with Crippen LogP contribution in [0.5, 0.6) is 0 Å². The van der Waals surface area contributed by atoms with Crippen LogP contribution in [0.3, 0.4) is 0 Å². The summed E-state index contributed by atoms with van der Waals surface area (Å²) in [5, 5.41) is 7.17. The van der Waals surface area contributed by atoms with Crippen LogP contribution in [-0.4, -0.2) is 51.3 Å². The van der Waals surface area contributed by atoms with Gasteiger partial charge in [-0.2, -0.15) is 13.2 Å². The molecule has 25 heavy (non-hydrogen) atoms. The van der Waals surface area contributed by atoms with E-state index in [0.29, 0.717) is 5.69 Å². The fourth-order valence-electron chi connectivity index (χ4n) is 2.90. The Bertz CT molecular complexity index is 815. The molecule has 1 atom stereocenters. The van der Waals surface area contributed by atoms with Gasteiger partial charge in [-0.1, -0.05) is 6.92 Å². The molecule has 1 aliphatic heterocycles. The Labute approximate surface area is 147 Å². The molecule has 0 spiro atoms. The van der Waals surface area contributed by atoms with Crippen molar-refractivity contribution in [3.8, 4) is 0 Å². The van der Waals surface area contributed by atoms with Gasteiger partial charge in [0.15, 0.2) is 0 Å². The summed E-state index contributed by atoms with van der Waals surface area (Å²) in [7, 11) is 5.71. The molecule has 2 aromatic heterocycles. The first-order valence-electron chi connectivity index (χ1n) is 7.71. The molecule has 0 saturated heterocycles. The predicted molar refractivity (Wildman–Crippen MR) is 90.5 cm³/mol. The molecule has 0 aromatic carbocycles. The Morgan fingerprint density at radius 3 is 2.64 bits per heavy atom. The van der Waals surface area contributed by atoms with E-state index in [2.05, 4.69) is 22.2 Å². The van der Waals surface area contributed by atoms with Gasteiger partial charge in [-0.05, 0) is 5.75 Å². The molecule has 1 unspecified atom stereocenters. The summed E-state index contributed by atoms with van der Waals surface area (Å²) < 4.78 is 40.1. The molecule has 0 saturated carbocycles. The first-order valence-corrected chi connectivity index (χ1v) is 8.69. The maximum Gasteiger partial charge on any atom is 0.433 e. The smallest absolute Gasteiger partial charge is 0.373 e. The van der Waals surface area contributed by atoms with E-state index >= 15 is 0 Å².